The molecule has 0 aliphatic heterocycles. The molecule has 1 amide bonds. The van der Waals surface area contributed by atoms with Gasteiger partial charge in [-0.25, -0.2) is 4.98 Å². The van der Waals surface area contributed by atoms with Crippen molar-refractivity contribution < 1.29 is 4.79 Å². The topological polar surface area (TPSA) is 42.0 Å². The first-order valence-corrected chi connectivity index (χ1v) is 7.80. The molecule has 3 rings (SSSR count). The van der Waals surface area contributed by atoms with Crippen LogP contribution in [0.3, 0.4) is 0 Å². The lowest BCUT2D eigenvalue weighted by atomic mass is 10.1. The van der Waals surface area contributed by atoms with Gasteiger partial charge in [-0.05, 0) is 24.1 Å². The van der Waals surface area contributed by atoms with Crippen molar-refractivity contribution in [2.24, 2.45) is 0 Å². The maximum absolute atomic E-state index is 12.0. The molecular formula is C16H13ClN2OS. The first kappa shape index (κ1) is 14.0. The molecule has 1 heterocycles. The van der Waals surface area contributed by atoms with Gasteiger partial charge in [0.1, 0.15) is 5.52 Å². The van der Waals surface area contributed by atoms with Crippen molar-refractivity contribution in [2.75, 3.05) is 5.32 Å². The number of fused-ring (bicyclic) bond motifs is 1. The number of thiazole rings is 1. The highest BCUT2D eigenvalue weighted by atomic mass is 35.5. The molecule has 1 N–H and O–H groups in total. The second kappa shape index (κ2) is 6.24. The normalized spacial score (nSPS) is 10.7. The molecule has 3 nitrogen and oxygen atoms in total. The second-order valence-electron chi connectivity index (χ2n) is 4.64. The molecule has 1 aromatic heterocycles. The largest absolute Gasteiger partial charge is 0.302 e. The zero-order chi connectivity index (χ0) is 14.7. The summed E-state index contributed by atoms with van der Waals surface area (Å²) in [7, 11) is 0. The van der Waals surface area contributed by atoms with Gasteiger partial charge < -0.3 is 5.32 Å². The Labute approximate surface area is 131 Å². The van der Waals surface area contributed by atoms with Gasteiger partial charge in [0.2, 0.25) is 5.91 Å². The Morgan fingerprint density at radius 2 is 1.95 bits per heavy atom. The Balaban J connectivity index is 1.65. The average molecular weight is 317 g/mol. The van der Waals surface area contributed by atoms with Crippen molar-refractivity contribution in [1.82, 2.24) is 4.98 Å². The predicted octanol–water partition coefficient (Wildman–Crippen LogP) is 4.52. The molecule has 0 atom stereocenters. The van der Waals surface area contributed by atoms with Crippen LogP contribution in [0.4, 0.5) is 5.13 Å². The fourth-order valence-electron chi connectivity index (χ4n) is 2.05. The summed E-state index contributed by atoms with van der Waals surface area (Å²) in [6.07, 6.45) is 1.16. The molecule has 0 saturated heterocycles. The first-order chi connectivity index (χ1) is 10.2. The van der Waals surface area contributed by atoms with Crippen LogP contribution in [-0.2, 0) is 11.2 Å². The van der Waals surface area contributed by atoms with E-state index in [-0.39, 0.29) is 5.91 Å². The maximum atomic E-state index is 12.0. The monoisotopic (exact) mass is 316 g/mol. The Hall–Kier alpha value is -1.91. The van der Waals surface area contributed by atoms with Crippen molar-refractivity contribution in [2.45, 2.75) is 12.8 Å². The molecule has 0 bridgehead atoms. The van der Waals surface area contributed by atoms with Gasteiger partial charge in [0.25, 0.3) is 0 Å². The molecule has 0 spiro atoms. The summed E-state index contributed by atoms with van der Waals surface area (Å²) < 4.78 is 0.973. The van der Waals surface area contributed by atoms with Gasteiger partial charge in [0.15, 0.2) is 5.13 Å². The third-order valence-electron chi connectivity index (χ3n) is 3.10. The smallest absolute Gasteiger partial charge is 0.226 e. The number of nitrogens with zero attached hydrogens (tertiary/aromatic N) is 1. The van der Waals surface area contributed by atoms with Gasteiger partial charge in [0.05, 0.1) is 9.72 Å². The first-order valence-electron chi connectivity index (χ1n) is 6.61. The Bertz CT molecular complexity index is 770. The van der Waals surface area contributed by atoms with Gasteiger partial charge in [-0.1, -0.05) is 59.3 Å². The van der Waals surface area contributed by atoms with Crippen LogP contribution in [0.25, 0.3) is 10.2 Å². The third kappa shape index (κ3) is 3.40. The number of benzene rings is 2. The van der Waals surface area contributed by atoms with Crippen molar-refractivity contribution in [3.05, 3.63) is 59.1 Å². The van der Waals surface area contributed by atoms with E-state index in [0.29, 0.717) is 16.6 Å². The van der Waals surface area contributed by atoms with E-state index in [1.807, 2.05) is 42.5 Å². The van der Waals surface area contributed by atoms with Crippen LogP contribution >= 0.6 is 22.9 Å². The molecule has 0 unspecified atom stereocenters. The minimum atomic E-state index is -0.0333. The van der Waals surface area contributed by atoms with Crippen LogP contribution in [0.2, 0.25) is 5.02 Å². The second-order valence-corrected chi connectivity index (χ2v) is 6.08. The number of para-hydroxylation sites is 1. The fraction of sp³-hybridized carbons (Fsp3) is 0.125. The van der Waals surface area contributed by atoms with Crippen LogP contribution in [0.1, 0.15) is 12.0 Å². The van der Waals surface area contributed by atoms with E-state index in [0.717, 1.165) is 22.2 Å². The number of halogens is 1. The number of hydrogen-bond acceptors (Lipinski definition) is 3. The number of aromatic nitrogens is 1. The minimum absolute atomic E-state index is 0.0333. The van der Waals surface area contributed by atoms with Crippen molar-refractivity contribution in [1.29, 1.82) is 0 Å². The quantitative estimate of drug-likeness (QED) is 0.769. The summed E-state index contributed by atoms with van der Waals surface area (Å²) in [5.74, 6) is -0.0333. The lowest BCUT2D eigenvalue weighted by Crippen LogP contribution is -2.11. The van der Waals surface area contributed by atoms with Crippen LogP contribution in [0.5, 0.6) is 0 Å². The van der Waals surface area contributed by atoms with E-state index in [9.17, 15) is 4.79 Å². The number of nitrogens with one attached hydrogen (secondary N) is 1. The highest BCUT2D eigenvalue weighted by Gasteiger charge is 2.09. The molecule has 5 heteroatoms. The summed E-state index contributed by atoms with van der Waals surface area (Å²) in [6, 6.07) is 15.6. The SMILES string of the molecule is O=C(CCc1ccccc1)Nc1nc2c(Cl)cccc2s1. The molecule has 0 fully saturated rings. The molecule has 2 aromatic carbocycles. The summed E-state index contributed by atoms with van der Waals surface area (Å²) in [5.41, 5.74) is 1.89. The molecule has 106 valence electrons. The van der Waals surface area contributed by atoms with E-state index >= 15 is 0 Å². The number of carbonyl (C=O) groups excluding carboxylic acids is 1. The zero-order valence-electron chi connectivity index (χ0n) is 11.2. The van der Waals surface area contributed by atoms with Gasteiger partial charge >= 0.3 is 0 Å². The summed E-state index contributed by atoms with van der Waals surface area (Å²) in [6.45, 7) is 0. The molecule has 0 aliphatic rings. The van der Waals surface area contributed by atoms with Gasteiger partial charge in [-0.2, -0.15) is 0 Å². The van der Waals surface area contributed by atoms with Crippen molar-refractivity contribution in [3.63, 3.8) is 0 Å². The number of anilines is 1. The summed E-state index contributed by atoms with van der Waals surface area (Å²) in [4.78, 5) is 16.3. The van der Waals surface area contributed by atoms with Gasteiger partial charge in [-0.3, -0.25) is 4.79 Å². The number of carbonyl (C=O) groups is 1. The molecule has 3 aromatic rings. The third-order valence-corrected chi connectivity index (χ3v) is 4.34. The zero-order valence-corrected chi connectivity index (χ0v) is 12.7. The molecule has 0 aliphatic carbocycles. The highest BCUT2D eigenvalue weighted by molar-refractivity contribution is 7.22. The number of amides is 1. The number of rotatable bonds is 4. The standard InChI is InChI=1S/C16H13ClN2OS/c17-12-7-4-8-13-15(12)19-16(21-13)18-14(20)10-9-11-5-2-1-3-6-11/h1-8H,9-10H2,(H,18,19,20). The Morgan fingerprint density at radius 3 is 2.71 bits per heavy atom. The van der Waals surface area contributed by atoms with Crippen molar-refractivity contribution >= 4 is 44.2 Å². The minimum Gasteiger partial charge on any atom is -0.302 e. The van der Waals surface area contributed by atoms with Crippen LogP contribution < -0.4 is 5.32 Å². The van der Waals surface area contributed by atoms with E-state index in [2.05, 4.69) is 10.3 Å². The van der Waals surface area contributed by atoms with Crippen LogP contribution in [0.15, 0.2) is 48.5 Å². The highest BCUT2D eigenvalue weighted by Crippen LogP contribution is 2.30. The number of hydrogen-bond donors (Lipinski definition) is 1. The van der Waals surface area contributed by atoms with Crippen molar-refractivity contribution in [3.8, 4) is 0 Å². The van der Waals surface area contributed by atoms with E-state index in [1.54, 1.807) is 6.07 Å². The molecular weight excluding hydrogens is 304 g/mol. The Morgan fingerprint density at radius 1 is 1.14 bits per heavy atom. The van der Waals surface area contributed by atoms with Crippen LogP contribution in [0, 0.1) is 0 Å². The lowest BCUT2D eigenvalue weighted by molar-refractivity contribution is -0.116. The lowest BCUT2D eigenvalue weighted by Gasteiger charge is -2.01. The van der Waals surface area contributed by atoms with Gasteiger partial charge in [-0.15, -0.1) is 0 Å². The fourth-order valence-corrected chi connectivity index (χ4v) is 3.23. The van der Waals surface area contributed by atoms with Gasteiger partial charge in [0, 0.05) is 6.42 Å². The molecule has 0 saturated carbocycles. The van der Waals surface area contributed by atoms with E-state index in [4.69, 9.17) is 11.6 Å². The van der Waals surface area contributed by atoms with E-state index in [1.165, 1.54) is 11.3 Å². The predicted molar refractivity (Wildman–Crippen MR) is 88.0 cm³/mol. The summed E-state index contributed by atoms with van der Waals surface area (Å²) >= 11 is 7.51. The Kier molecular flexibility index (Phi) is 4.18. The summed E-state index contributed by atoms with van der Waals surface area (Å²) in [5, 5.41) is 4.04. The number of aryl methyl sites for hydroxylation is 1. The maximum Gasteiger partial charge on any atom is 0.226 e. The molecule has 0 radical (unpaired) electrons. The van der Waals surface area contributed by atoms with Crippen LogP contribution in [-0.4, -0.2) is 10.9 Å². The van der Waals surface area contributed by atoms with E-state index < -0.39 is 0 Å². The molecule has 21 heavy (non-hydrogen) atoms. The average Bonchev–Trinajstić information content (AvgIpc) is 2.90.